The van der Waals surface area contributed by atoms with E-state index in [0.717, 1.165) is 11.7 Å². The average Bonchev–Trinajstić information content (AvgIpc) is 3.19. The van der Waals surface area contributed by atoms with Gasteiger partial charge in [-0.3, -0.25) is 0 Å². The zero-order valence-corrected chi connectivity index (χ0v) is 12.0. The van der Waals surface area contributed by atoms with Gasteiger partial charge in [0, 0.05) is 30.9 Å². The molecule has 2 aromatic rings. The van der Waals surface area contributed by atoms with Crippen LogP contribution in [0.25, 0.3) is 0 Å². The molecular formula is C15H19N3S. The molecular weight excluding hydrogens is 254 g/mol. The third-order valence-electron chi connectivity index (χ3n) is 3.45. The largest absolute Gasteiger partial charge is 0.347 e. The molecule has 0 amide bonds. The quantitative estimate of drug-likeness (QED) is 0.910. The lowest BCUT2D eigenvalue weighted by Gasteiger charge is -2.15. The van der Waals surface area contributed by atoms with Crippen molar-refractivity contribution in [3.8, 4) is 0 Å². The van der Waals surface area contributed by atoms with Crippen LogP contribution < -0.4 is 10.6 Å². The van der Waals surface area contributed by atoms with Gasteiger partial charge in [0.15, 0.2) is 5.13 Å². The fourth-order valence-corrected chi connectivity index (χ4v) is 3.25. The van der Waals surface area contributed by atoms with Crippen LogP contribution in [-0.4, -0.2) is 12.0 Å². The first-order valence-corrected chi connectivity index (χ1v) is 7.54. The van der Waals surface area contributed by atoms with Crippen LogP contribution in [0.3, 0.4) is 0 Å². The maximum absolute atomic E-state index is 5.83. The number of aromatic nitrogens is 1. The van der Waals surface area contributed by atoms with E-state index in [0.29, 0.717) is 12.5 Å². The Balaban J connectivity index is 1.77. The van der Waals surface area contributed by atoms with Gasteiger partial charge in [0.25, 0.3) is 0 Å². The summed E-state index contributed by atoms with van der Waals surface area (Å²) in [5.74, 6) is 0.675. The van der Waals surface area contributed by atoms with Crippen LogP contribution in [0.2, 0.25) is 0 Å². The predicted molar refractivity (Wildman–Crippen MR) is 80.5 cm³/mol. The molecule has 100 valence electrons. The molecule has 3 nitrogen and oxygen atoms in total. The summed E-state index contributed by atoms with van der Waals surface area (Å²) in [6.45, 7) is 1.51. The van der Waals surface area contributed by atoms with E-state index in [4.69, 9.17) is 10.7 Å². The monoisotopic (exact) mass is 273 g/mol. The molecule has 0 aliphatic heterocycles. The van der Waals surface area contributed by atoms with Crippen molar-refractivity contribution in [1.82, 2.24) is 4.98 Å². The molecule has 1 heterocycles. The summed E-state index contributed by atoms with van der Waals surface area (Å²) >= 11 is 1.74. The topological polar surface area (TPSA) is 42.2 Å². The summed E-state index contributed by atoms with van der Waals surface area (Å²) < 4.78 is 0. The molecule has 0 radical (unpaired) electrons. The van der Waals surface area contributed by atoms with E-state index < -0.39 is 0 Å². The molecule has 1 aromatic heterocycles. The molecule has 2 N–H and O–H groups in total. The number of nitrogens with two attached hydrogens (primary N) is 1. The van der Waals surface area contributed by atoms with Crippen molar-refractivity contribution in [3.05, 3.63) is 46.5 Å². The van der Waals surface area contributed by atoms with Crippen molar-refractivity contribution in [3.63, 3.8) is 0 Å². The molecule has 1 saturated carbocycles. The van der Waals surface area contributed by atoms with Crippen molar-refractivity contribution in [1.29, 1.82) is 0 Å². The summed E-state index contributed by atoms with van der Waals surface area (Å²) in [4.78, 5) is 8.28. The zero-order valence-electron chi connectivity index (χ0n) is 11.2. The standard InChI is InChI=1S/C15H19N3S/c1-18(10-11-5-3-2-4-6-11)15-17-14(12-7-8-12)13(9-16)19-15/h2-6,12H,7-10,16H2,1H3. The van der Waals surface area contributed by atoms with Gasteiger partial charge in [0.05, 0.1) is 5.69 Å². The summed E-state index contributed by atoms with van der Waals surface area (Å²) in [5.41, 5.74) is 8.39. The highest BCUT2D eigenvalue weighted by molar-refractivity contribution is 7.15. The Bertz CT molecular complexity index is 546. The van der Waals surface area contributed by atoms with Crippen molar-refractivity contribution < 1.29 is 0 Å². The van der Waals surface area contributed by atoms with Gasteiger partial charge in [-0.1, -0.05) is 30.3 Å². The van der Waals surface area contributed by atoms with Crippen molar-refractivity contribution >= 4 is 16.5 Å². The van der Waals surface area contributed by atoms with E-state index in [1.807, 2.05) is 6.07 Å². The van der Waals surface area contributed by atoms with Gasteiger partial charge in [-0.2, -0.15) is 0 Å². The van der Waals surface area contributed by atoms with E-state index in [1.54, 1.807) is 11.3 Å². The average molecular weight is 273 g/mol. The van der Waals surface area contributed by atoms with Crippen LogP contribution in [0.4, 0.5) is 5.13 Å². The van der Waals surface area contributed by atoms with Gasteiger partial charge in [0.1, 0.15) is 0 Å². The Morgan fingerprint density at radius 1 is 1.32 bits per heavy atom. The molecule has 0 spiro atoms. The number of rotatable bonds is 5. The minimum Gasteiger partial charge on any atom is -0.347 e. The highest BCUT2D eigenvalue weighted by Gasteiger charge is 2.29. The van der Waals surface area contributed by atoms with Crippen LogP contribution in [0.5, 0.6) is 0 Å². The molecule has 0 unspecified atom stereocenters. The van der Waals surface area contributed by atoms with Gasteiger partial charge in [0.2, 0.25) is 0 Å². The number of nitrogens with zero attached hydrogens (tertiary/aromatic N) is 2. The summed E-state index contributed by atoms with van der Waals surface area (Å²) in [6, 6.07) is 10.5. The molecule has 1 aliphatic carbocycles. The lowest BCUT2D eigenvalue weighted by atomic mass is 10.2. The minimum absolute atomic E-state index is 0.614. The SMILES string of the molecule is CN(Cc1ccccc1)c1nc(C2CC2)c(CN)s1. The smallest absolute Gasteiger partial charge is 0.185 e. The highest BCUT2D eigenvalue weighted by Crippen LogP contribution is 2.44. The third-order valence-corrected chi connectivity index (χ3v) is 4.66. The molecule has 3 rings (SSSR count). The minimum atomic E-state index is 0.614. The van der Waals surface area contributed by atoms with E-state index in [9.17, 15) is 0 Å². The predicted octanol–water partition coefficient (Wildman–Crippen LogP) is 3.12. The van der Waals surface area contributed by atoms with E-state index in [-0.39, 0.29) is 0 Å². The Hall–Kier alpha value is -1.39. The van der Waals surface area contributed by atoms with Gasteiger partial charge in [-0.15, -0.1) is 11.3 Å². The fraction of sp³-hybridized carbons (Fsp3) is 0.400. The Morgan fingerprint density at radius 2 is 2.05 bits per heavy atom. The van der Waals surface area contributed by atoms with Gasteiger partial charge in [-0.05, 0) is 18.4 Å². The summed E-state index contributed by atoms with van der Waals surface area (Å²) in [5, 5.41) is 1.09. The number of thiazole rings is 1. The Labute approximate surface area is 118 Å². The van der Waals surface area contributed by atoms with Crippen LogP contribution in [0.15, 0.2) is 30.3 Å². The Kier molecular flexibility index (Phi) is 3.53. The van der Waals surface area contributed by atoms with E-state index in [1.165, 1.54) is 29.0 Å². The van der Waals surface area contributed by atoms with Crippen LogP contribution in [0.1, 0.15) is 34.9 Å². The molecule has 19 heavy (non-hydrogen) atoms. The molecule has 4 heteroatoms. The van der Waals surface area contributed by atoms with E-state index in [2.05, 4.69) is 36.2 Å². The lowest BCUT2D eigenvalue weighted by molar-refractivity contribution is 0.897. The maximum atomic E-state index is 5.83. The van der Waals surface area contributed by atoms with Crippen molar-refractivity contribution in [2.45, 2.75) is 31.8 Å². The first kappa shape index (κ1) is 12.6. The molecule has 1 fully saturated rings. The second-order valence-corrected chi connectivity index (χ2v) is 6.19. The lowest BCUT2D eigenvalue weighted by Crippen LogP contribution is -2.15. The number of anilines is 1. The van der Waals surface area contributed by atoms with Crippen LogP contribution in [-0.2, 0) is 13.1 Å². The van der Waals surface area contributed by atoms with Gasteiger partial charge >= 0.3 is 0 Å². The first-order chi connectivity index (χ1) is 9.28. The zero-order chi connectivity index (χ0) is 13.2. The molecule has 0 atom stereocenters. The van der Waals surface area contributed by atoms with Crippen molar-refractivity contribution in [2.75, 3.05) is 11.9 Å². The maximum Gasteiger partial charge on any atom is 0.185 e. The Morgan fingerprint density at radius 3 is 2.68 bits per heavy atom. The number of hydrogen-bond donors (Lipinski definition) is 1. The number of benzene rings is 1. The molecule has 1 aromatic carbocycles. The van der Waals surface area contributed by atoms with Crippen LogP contribution >= 0.6 is 11.3 Å². The van der Waals surface area contributed by atoms with E-state index >= 15 is 0 Å². The van der Waals surface area contributed by atoms with Crippen LogP contribution in [0, 0.1) is 0 Å². The molecule has 1 aliphatic rings. The normalized spacial score (nSPS) is 14.6. The summed E-state index contributed by atoms with van der Waals surface area (Å²) in [7, 11) is 2.10. The molecule has 0 bridgehead atoms. The molecule has 0 saturated heterocycles. The second kappa shape index (κ2) is 5.31. The first-order valence-electron chi connectivity index (χ1n) is 6.72. The van der Waals surface area contributed by atoms with Crippen molar-refractivity contribution in [2.24, 2.45) is 5.73 Å². The fourth-order valence-electron chi connectivity index (χ4n) is 2.26. The third kappa shape index (κ3) is 2.80. The highest BCUT2D eigenvalue weighted by atomic mass is 32.1. The summed E-state index contributed by atoms with van der Waals surface area (Å²) in [6.07, 6.45) is 2.55. The second-order valence-electron chi connectivity index (χ2n) is 5.12. The van der Waals surface area contributed by atoms with Gasteiger partial charge < -0.3 is 10.6 Å². The number of hydrogen-bond acceptors (Lipinski definition) is 4. The van der Waals surface area contributed by atoms with Gasteiger partial charge in [-0.25, -0.2) is 4.98 Å².